The van der Waals surface area contributed by atoms with E-state index < -0.39 is 5.97 Å². The van der Waals surface area contributed by atoms with E-state index in [1.165, 1.54) is 7.11 Å². The number of hydrogen-bond acceptors (Lipinski definition) is 4. The van der Waals surface area contributed by atoms with Crippen LogP contribution in [0.25, 0.3) is 11.3 Å². The summed E-state index contributed by atoms with van der Waals surface area (Å²) in [5.74, 6) is -0.565. The number of nitrogens with one attached hydrogen (secondary N) is 1. The third-order valence-corrected chi connectivity index (χ3v) is 2.36. The number of benzene rings is 1. The van der Waals surface area contributed by atoms with Crippen molar-refractivity contribution in [3.8, 4) is 17.0 Å². The molecule has 2 N–H and O–H groups in total. The molecule has 2 rings (SSSR count). The van der Waals surface area contributed by atoms with E-state index in [-0.39, 0.29) is 11.4 Å². The minimum absolute atomic E-state index is 0.117. The molecule has 0 amide bonds. The van der Waals surface area contributed by atoms with Gasteiger partial charge in [0.2, 0.25) is 0 Å². The molecule has 0 unspecified atom stereocenters. The van der Waals surface area contributed by atoms with Gasteiger partial charge in [0.05, 0.1) is 7.11 Å². The zero-order valence-corrected chi connectivity index (χ0v) is 9.39. The third-order valence-electron chi connectivity index (χ3n) is 2.36. The van der Waals surface area contributed by atoms with Gasteiger partial charge in [-0.05, 0) is 19.1 Å². The van der Waals surface area contributed by atoms with Gasteiger partial charge in [0, 0.05) is 5.56 Å². The maximum atomic E-state index is 11.0. The predicted molar refractivity (Wildman–Crippen MR) is 60.1 cm³/mol. The molecule has 6 heteroatoms. The highest BCUT2D eigenvalue weighted by molar-refractivity contribution is 5.93. The molecule has 0 aliphatic heterocycles. The topological polar surface area (TPSA) is 88.1 Å². The van der Waals surface area contributed by atoms with Crippen molar-refractivity contribution in [2.75, 3.05) is 7.11 Å². The molecule has 1 aromatic carbocycles. The van der Waals surface area contributed by atoms with Crippen molar-refractivity contribution in [1.82, 2.24) is 15.4 Å². The molecule has 0 saturated carbocycles. The van der Waals surface area contributed by atoms with Crippen LogP contribution in [0.5, 0.6) is 5.75 Å². The van der Waals surface area contributed by atoms with Crippen molar-refractivity contribution >= 4 is 5.97 Å². The van der Waals surface area contributed by atoms with Gasteiger partial charge >= 0.3 is 5.97 Å². The summed E-state index contributed by atoms with van der Waals surface area (Å²) in [6.07, 6.45) is 0. The largest absolute Gasteiger partial charge is 0.496 e. The van der Waals surface area contributed by atoms with Gasteiger partial charge in [0.1, 0.15) is 11.4 Å². The van der Waals surface area contributed by atoms with Crippen LogP contribution < -0.4 is 4.74 Å². The maximum Gasteiger partial charge on any atom is 0.358 e. The van der Waals surface area contributed by atoms with Gasteiger partial charge in [-0.25, -0.2) is 4.79 Å². The number of methoxy groups -OCH3 is 1. The number of aromatic nitrogens is 3. The fraction of sp³-hybridized carbons (Fsp3) is 0.182. The Labute approximate surface area is 97.2 Å². The number of H-pyrrole nitrogens is 1. The summed E-state index contributed by atoms with van der Waals surface area (Å²) in [5, 5.41) is 18.8. The smallest absolute Gasteiger partial charge is 0.358 e. The molecule has 0 fully saturated rings. The van der Waals surface area contributed by atoms with Crippen LogP contribution in [0.4, 0.5) is 0 Å². The molecule has 1 heterocycles. The standard InChI is InChI=1S/C11H11N3O3/c1-6-3-4-8(17-2)7(5-6)9-10(11(15)16)13-14-12-9/h3-5H,1-2H3,(H,15,16)(H,12,13,14). The van der Waals surface area contributed by atoms with Gasteiger partial charge in [-0.2, -0.15) is 10.3 Å². The van der Waals surface area contributed by atoms with Gasteiger partial charge in [0.15, 0.2) is 5.69 Å². The monoisotopic (exact) mass is 233 g/mol. The van der Waals surface area contributed by atoms with E-state index in [4.69, 9.17) is 9.84 Å². The molecule has 0 aliphatic carbocycles. The van der Waals surface area contributed by atoms with Crippen LogP contribution >= 0.6 is 0 Å². The number of carboxylic acid groups (broad SMARTS) is 1. The number of aromatic carboxylic acids is 1. The molecule has 0 aliphatic rings. The number of nitrogens with zero attached hydrogens (tertiary/aromatic N) is 2. The first-order chi connectivity index (χ1) is 8.13. The highest BCUT2D eigenvalue weighted by atomic mass is 16.5. The van der Waals surface area contributed by atoms with E-state index in [0.717, 1.165) is 5.56 Å². The lowest BCUT2D eigenvalue weighted by atomic mass is 10.1. The Morgan fingerprint density at radius 3 is 2.82 bits per heavy atom. The molecule has 0 bridgehead atoms. The van der Waals surface area contributed by atoms with Gasteiger partial charge in [0.25, 0.3) is 0 Å². The van der Waals surface area contributed by atoms with Crippen molar-refractivity contribution in [2.45, 2.75) is 6.92 Å². The van der Waals surface area contributed by atoms with Crippen LogP contribution in [0.1, 0.15) is 16.1 Å². The molecule has 88 valence electrons. The quantitative estimate of drug-likeness (QED) is 0.838. The second kappa shape index (κ2) is 4.25. The number of hydrogen-bond donors (Lipinski definition) is 2. The van der Waals surface area contributed by atoms with Gasteiger partial charge in [-0.15, -0.1) is 5.10 Å². The Kier molecular flexibility index (Phi) is 2.78. The highest BCUT2D eigenvalue weighted by Gasteiger charge is 2.19. The summed E-state index contributed by atoms with van der Waals surface area (Å²) in [4.78, 5) is 11.0. The lowest BCUT2D eigenvalue weighted by molar-refractivity contribution is 0.0691. The minimum atomic E-state index is -1.13. The molecular formula is C11H11N3O3. The lowest BCUT2D eigenvalue weighted by Crippen LogP contribution is -2.00. The average Bonchev–Trinajstić information content (AvgIpc) is 2.77. The fourth-order valence-electron chi connectivity index (χ4n) is 1.57. The van der Waals surface area contributed by atoms with Gasteiger partial charge in [-0.3, -0.25) is 0 Å². The molecule has 1 aromatic heterocycles. The lowest BCUT2D eigenvalue weighted by Gasteiger charge is -2.07. The van der Waals surface area contributed by atoms with Crippen LogP contribution in [0, 0.1) is 6.92 Å². The first-order valence-electron chi connectivity index (χ1n) is 4.92. The summed E-state index contributed by atoms with van der Waals surface area (Å²) >= 11 is 0. The van der Waals surface area contributed by atoms with Gasteiger partial charge in [-0.1, -0.05) is 11.6 Å². The summed E-state index contributed by atoms with van der Waals surface area (Å²) < 4.78 is 5.18. The Morgan fingerprint density at radius 2 is 2.18 bits per heavy atom. The van der Waals surface area contributed by atoms with E-state index in [1.807, 2.05) is 19.1 Å². The molecular weight excluding hydrogens is 222 g/mol. The Morgan fingerprint density at radius 1 is 1.41 bits per heavy atom. The SMILES string of the molecule is COc1ccc(C)cc1-c1n[nH]nc1C(=O)O. The number of carboxylic acids is 1. The summed E-state index contributed by atoms with van der Waals surface area (Å²) in [7, 11) is 1.52. The van der Waals surface area contributed by atoms with Crippen LogP contribution in [-0.4, -0.2) is 33.6 Å². The normalized spacial score (nSPS) is 10.2. The number of carbonyl (C=O) groups is 1. The van der Waals surface area contributed by atoms with Crippen molar-refractivity contribution < 1.29 is 14.6 Å². The second-order valence-electron chi connectivity index (χ2n) is 3.53. The van der Waals surface area contributed by atoms with E-state index in [2.05, 4.69) is 15.4 Å². The Bertz CT molecular complexity index is 563. The second-order valence-corrected chi connectivity index (χ2v) is 3.53. The number of aromatic amines is 1. The minimum Gasteiger partial charge on any atom is -0.496 e. The average molecular weight is 233 g/mol. The number of ether oxygens (including phenoxy) is 1. The van der Waals surface area contributed by atoms with Crippen LogP contribution in [0.3, 0.4) is 0 Å². The van der Waals surface area contributed by atoms with Crippen molar-refractivity contribution in [1.29, 1.82) is 0 Å². The predicted octanol–water partition coefficient (Wildman–Crippen LogP) is 1.49. The van der Waals surface area contributed by atoms with E-state index >= 15 is 0 Å². The van der Waals surface area contributed by atoms with Gasteiger partial charge < -0.3 is 9.84 Å². The van der Waals surface area contributed by atoms with Crippen LogP contribution in [-0.2, 0) is 0 Å². The van der Waals surface area contributed by atoms with Crippen molar-refractivity contribution in [3.05, 3.63) is 29.5 Å². The molecule has 17 heavy (non-hydrogen) atoms. The zero-order valence-electron chi connectivity index (χ0n) is 9.39. The third kappa shape index (κ3) is 1.96. The first-order valence-corrected chi connectivity index (χ1v) is 4.92. The highest BCUT2D eigenvalue weighted by Crippen LogP contribution is 2.30. The molecule has 0 atom stereocenters. The number of aryl methyl sites for hydroxylation is 1. The Balaban J connectivity index is 2.63. The summed E-state index contributed by atoms with van der Waals surface area (Å²) in [5.41, 5.74) is 1.76. The van der Waals surface area contributed by atoms with Crippen molar-refractivity contribution in [3.63, 3.8) is 0 Å². The van der Waals surface area contributed by atoms with Crippen LogP contribution in [0.2, 0.25) is 0 Å². The molecule has 0 radical (unpaired) electrons. The molecule has 2 aromatic rings. The van der Waals surface area contributed by atoms with E-state index in [1.54, 1.807) is 6.07 Å². The Hall–Kier alpha value is -2.37. The van der Waals surface area contributed by atoms with E-state index in [0.29, 0.717) is 11.3 Å². The number of rotatable bonds is 3. The zero-order chi connectivity index (χ0) is 12.4. The van der Waals surface area contributed by atoms with Crippen molar-refractivity contribution in [2.24, 2.45) is 0 Å². The summed E-state index contributed by atoms with van der Waals surface area (Å²) in [6.45, 7) is 1.91. The molecule has 0 saturated heterocycles. The molecule has 6 nitrogen and oxygen atoms in total. The first kappa shape index (κ1) is 11.1. The van der Waals surface area contributed by atoms with E-state index in [9.17, 15) is 4.79 Å². The van der Waals surface area contributed by atoms with Crippen LogP contribution in [0.15, 0.2) is 18.2 Å². The fourth-order valence-corrected chi connectivity index (χ4v) is 1.57. The summed E-state index contributed by atoms with van der Waals surface area (Å²) in [6, 6.07) is 5.46. The molecule has 0 spiro atoms. The maximum absolute atomic E-state index is 11.0.